The van der Waals surface area contributed by atoms with Gasteiger partial charge in [-0.05, 0) is 5.56 Å². The van der Waals surface area contributed by atoms with Crippen molar-refractivity contribution in [1.29, 1.82) is 0 Å². The first-order valence-corrected chi connectivity index (χ1v) is 6.95. The highest BCUT2D eigenvalue weighted by molar-refractivity contribution is 5.76. The van der Waals surface area contributed by atoms with Gasteiger partial charge in [0.05, 0.1) is 13.1 Å². The maximum absolute atomic E-state index is 11.1. The third-order valence-electron chi connectivity index (χ3n) is 3.92. The monoisotopic (exact) mass is 276 g/mol. The zero-order valence-electron chi connectivity index (χ0n) is 11.4. The Hall–Kier alpha value is -1.88. The Morgan fingerprint density at radius 1 is 1.15 bits per heavy atom. The summed E-state index contributed by atoms with van der Waals surface area (Å²) in [6.07, 6.45) is 1.66. The number of carboxylic acids is 1. The van der Waals surface area contributed by atoms with Gasteiger partial charge in [0.2, 0.25) is 5.91 Å². The van der Waals surface area contributed by atoms with Gasteiger partial charge in [-0.1, -0.05) is 24.3 Å². The van der Waals surface area contributed by atoms with Gasteiger partial charge in [0.1, 0.15) is 6.54 Å². The molecule has 0 radical (unpaired) electrons. The number of hydrogen-bond donors (Lipinski definition) is 2. The fourth-order valence-corrected chi connectivity index (χ4v) is 2.72. The zero-order valence-corrected chi connectivity index (χ0v) is 11.4. The fraction of sp³-hybridized carbons (Fsp3) is 0.467. The second-order valence-electron chi connectivity index (χ2n) is 5.47. The molecule has 1 heterocycles. The molecule has 1 aliphatic heterocycles. The number of carbonyl (C=O) groups excluding carboxylic acids is 2. The summed E-state index contributed by atoms with van der Waals surface area (Å²) in [4.78, 5) is 23.0. The smallest absolute Gasteiger partial charge is 0.220 e. The lowest BCUT2D eigenvalue weighted by Crippen LogP contribution is -3.11. The Morgan fingerprint density at radius 2 is 1.70 bits per heavy atom. The van der Waals surface area contributed by atoms with Crippen LogP contribution in [0.1, 0.15) is 24.0 Å². The summed E-state index contributed by atoms with van der Waals surface area (Å²) in [5.74, 6) is -1.21. The predicted octanol–water partition coefficient (Wildman–Crippen LogP) is -1.74. The van der Waals surface area contributed by atoms with E-state index >= 15 is 0 Å². The van der Waals surface area contributed by atoms with Crippen LogP contribution in [-0.4, -0.2) is 25.0 Å². The van der Waals surface area contributed by atoms with Crippen molar-refractivity contribution < 1.29 is 19.6 Å². The Balaban J connectivity index is 1.85. The number of hydrogen-bond acceptors (Lipinski definition) is 3. The number of amides is 1. The van der Waals surface area contributed by atoms with E-state index < -0.39 is 5.97 Å². The maximum Gasteiger partial charge on any atom is 0.220 e. The van der Waals surface area contributed by atoms with Crippen molar-refractivity contribution in [3.8, 4) is 0 Å². The van der Waals surface area contributed by atoms with E-state index in [9.17, 15) is 14.7 Å². The van der Waals surface area contributed by atoms with Crippen LogP contribution in [0, 0.1) is 5.92 Å². The summed E-state index contributed by atoms with van der Waals surface area (Å²) in [6.45, 7) is 2.81. The summed E-state index contributed by atoms with van der Waals surface area (Å²) in [5, 5.41) is 10.5. The van der Waals surface area contributed by atoms with Crippen molar-refractivity contribution >= 4 is 11.9 Å². The number of carbonyl (C=O) groups is 2. The van der Waals surface area contributed by atoms with Crippen molar-refractivity contribution in [2.24, 2.45) is 11.7 Å². The van der Waals surface area contributed by atoms with Crippen molar-refractivity contribution in [1.82, 2.24) is 0 Å². The highest BCUT2D eigenvalue weighted by Gasteiger charge is 2.25. The summed E-state index contributed by atoms with van der Waals surface area (Å²) in [7, 11) is 0. The standard InChI is InChI=1S/C15H20N2O3/c16-15(20)13-5-7-17(8-6-13)10-12-3-1-11(2-4-12)9-14(18)19/h1-4,13H,5-10H2,(H2,16,20)(H,18,19). The second kappa shape index (κ2) is 6.52. The molecule has 0 unspecified atom stereocenters. The van der Waals surface area contributed by atoms with Gasteiger partial charge in [-0.15, -0.1) is 0 Å². The first kappa shape index (κ1) is 14.5. The van der Waals surface area contributed by atoms with Crippen LogP contribution >= 0.6 is 0 Å². The Labute approximate surface area is 118 Å². The van der Waals surface area contributed by atoms with Crippen LogP contribution in [0.2, 0.25) is 0 Å². The van der Waals surface area contributed by atoms with Crippen molar-refractivity contribution in [3.63, 3.8) is 0 Å². The Bertz CT molecular complexity index is 476. The molecule has 0 saturated carbocycles. The molecule has 20 heavy (non-hydrogen) atoms. The number of likely N-dealkylation sites (tertiary alicyclic amines) is 1. The minimum atomic E-state index is -1.06. The summed E-state index contributed by atoms with van der Waals surface area (Å²) in [6, 6.07) is 7.60. The van der Waals surface area contributed by atoms with E-state index in [0.29, 0.717) is 0 Å². The van der Waals surface area contributed by atoms with Crippen LogP contribution in [0.5, 0.6) is 0 Å². The molecular weight excluding hydrogens is 256 g/mol. The number of aliphatic carboxylic acids is 1. The molecule has 0 aromatic heterocycles. The highest BCUT2D eigenvalue weighted by Crippen LogP contribution is 2.09. The van der Waals surface area contributed by atoms with Gasteiger partial charge in [0.15, 0.2) is 0 Å². The van der Waals surface area contributed by atoms with E-state index in [1.165, 1.54) is 10.5 Å². The number of nitrogens with one attached hydrogen (secondary N) is 1. The van der Waals surface area contributed by atoms with Crippen LogP contribution in [0.4, 0.5) is 0 Å². The lowest BCUT2D eigenvalue weighted by atomic mass is 9.96. The molecule has 0 atom stereocenters. The van der Waals surface area contributed by atoms with E-state index in [-0.39, 0.29) is 18.2 Å². The average Bonchev–Trinajstić information content (AvgIpc) is 2.41. The van der Waals surface area contributed by atoms with Crippen LogP contribution < -0.4 is 15.7 Å². The van der Waals surface area contributed by atoms with E-state index in [2.05, 4.69) is 0 Å². The van der Waals surface area contributed by atoms with Crippen molar-refractivity contribution in [3.05, 3.63) is 35.4 Å². The van der Waals surface area contributed by atoms with Gasteiger partial charge in [0.25, 0.3) is 0 Å². The molecule has 1 aliphatic rings. The molecule has 1 aromatic carbocycles. The molecule has 108 valence electrons. The number of rotatable bonds is 5. The molecular formula is C15H20N2O3. The summed E-state index contributed by atoms with van der Waals surface area (Å²) < 4.78 is 0. The third-order valence-corrected chi connectivity index (χ3v) is 3.92. The van der Waals surface area contributed by atoms with Gasteiger partial charge >= 0.3 is 0 Å². The summed E-state index contributed by atoms with van der Waals surface area (Å²) >= 11 is 0. The first-order chi connectivity index (χ1) is 9.54. The molecule has 0 aliphatic carbocycles. The van der Waals surface area contributed by atoms with Gasteiger partial charge in [-0.2, -0.15) is 0 Å². The third kappa shape index (κ3) is 4.06. The molecule has 1 amide bonds. The minimum Gasteiger partial charge on any atom is -0.550 e. The number of benzene rings is 1. The zero-order chi connectivity index (χ0) is 14.5. The number of carboxylic acid groups (broad SMARTS) is 1. The molecule has 1 fully saturated rings. The molecule has 2 rings (SSSR count). The number of piperidine rings is 1. The molecule has 0 bridgehead atoms. The average molecular weight is 276 g/mol. The van der Waals surface area contributed by atoms with Crippen LogP contribution in [0.3, 0.4) is 0 Å². The molecule has 1 aromatic rings. The van der Waals surface area contributed by atoms with Crippen LogP contribution in [0.15, 0.2) is 24.3 Å². The number of nitrogens with two attached hydrogens (primary N) is 1. The topological polar surface area (TPSA) is 87.7 Å². The normalized spacial score (nSPS) is 22.4. The maximum atomic E-state index is 11.1. The van der Waals surface area contributed by atoms with Gasteiger partial charge in [-0.25, -0.2) is 0 Å². The molecule has 5 nitrogen and oxygen atoms in total. The fourth-order valence-electron chi connectivity index (χ4n) is 2.72. The van der Waals surface area contributed by atoms with E-state index in [0.717, 1.165) is 38.0 Å². The number of quaternary nitrogens is 1. The molecule has 5 heteroatoms. The minimum absolute atomic E-state index is 0.0317. The van der Waals surface area contributed by atoms with E-state index in [4.69, 9.17) is 5.73 Å². The number of primary amides is 1. The molecule has 1 saturated heterocycles. The Kier molecular flexibility index (Phi) is 4.74. The first-order valence-electron chi connectivity index (χ1n) is 6.95. The van der Waals surface area contributed by atoms with Gasteiger partial charge in [0, 0.05) is 36.7 Å². The lowest BCUT2D eigenvalue weighted by molar-refractivity contribution is -0.919. The van der Waals surface area contributed by atoms with E-state index in [1.54, 1.807) is 0 Å². The Morgan fingerprint density at radius 3 is 2.20 bits per heavy atom. The lowest BCUT2D eigenvalue weighted by Gasteiger charge is -2.27. The van der Waals surface area contributed by atoms with Crippen molar-refractivity contribution in [2.45, 2.75) is 25.8 Å². The second-order valence-corrected chi connectivity index (χ2v) is 5.47. The van der Waals surface area contributed by atoms with Crippen LogP contribution in [-0.2, 0) is 22.6 Å². The highest BCUT2D eigenvalue weighted by atomic mass is 16.4. The van der Waals surface area contributed by atoms with Crippen LogP contribution in [0.25, 0.3) is 0 Å². The predicted molar refractivity (Wildman–Crippen MR) is 71.5 cm³/mol. The molecule has 0 spiro atoms. The van der Waals surface area contributed by atoms with Gasteiger partial charge < -0.3 is 20.5 Å². The van der Waals surface area contributed by atoms with E-state index in [1.807, 2.05) is 24.3 Å². The summed E-state index contributed by atoms with van der Waals surface area (Å²) in [5.41, 5.74) is 7.26. The van der Waals surface area contributed by atoms with Crippen molar-refractivity contribution in [2.75, 3.05) is 13.1 Å². The largest absolute Gasteiger partial charge is 0.550 e. The molecule has 3 N–H and O–H groups in total. The van der Waals surface area contributed by atoms with Gasteiger partial charge in [-0.3, -0.25) is 4.79 Å². The quantitative estimate of drug-likeness (QED) is 0.669. The SMILES string of the molecule is NC(=O)C1CC[NH+](Cc2ccc(CC(=O)[O-])cc2)CC1.